The maximum absolute atomic E-state index is 5.96. The highest BCUT2D eigenvalue weighted by Crippen LogP contribution is 2.53. The Kier molecular flexibility index (Phi) is 5.46. The fourth-order valence-corrected chi connectivity index (χ4v) is 4.56. The first-order valence-corrected chi connectivity index (χ1v) is 8.22. The molecule has 1 aliphatic rings. The third kappa shape index (κ3) is 4.67. The van der Waals surface area contributed by atoms with Crippen molar-refractivity contribution in [2.45, 2.75) is 72.5 Å². The van der Waals surface area contributed by atoms with Crippen LogP contribution in [0.2, 0.25) is 0 Å². The lowest BCUT2D eigenvalue weighted by atomic mass is 9.61. The van der Waals surface area contributed by atoms with Gasteiger partial charge >= 0.3 is 0 Å². The summed E-state index contributed by atoms with van der Waals surface area (Å²) in [4.78, 5) is 0. The van der Waals surface area contributed by atoms with Crippen LogP contribution in [0.3, 0.4) is 0 Å². The lowest BCUT2D eigenvalue weighted by Gasteiger charge is -2.53. The molecular formula is C17H34OS. The van der Waals surface area contributed by atoms with Crippen molar-refractivity contribution in [3.63, 3.8) is 0 Å². The second kappa shape index (κ2) is 5.97. The highest BCUT2D eigenvalue weighted by Gasteiger charge is 2.50. The Bertz CT molecular complexity index is 290. The first kappa shape index (κ1) is 17.4. The van der Waals surface area contributed by atoms with E-state index in [1.54, 1.807) is 0 Å². The van der Waals surface area contributed by atoms with E-state index in [-0.39, 0.29) is 10.2 Å². The van der Waals surface area contributed by atoms with E-state index in [1.165, 1.54) is 12.8 Å². The molecule has 0 radical (unpaired) electrons. The molecule has 0 aromatic rings. The smallest absolute Gasteiger partial charge is 0.0536 e. The van der Waals surface area contributed by atoms with Crippen LogP contribution >= 0.6 is 12.6 Å². The lowest BCUT2D eigenvalue weighted by molar-refractivity contribution is -0.0764. The molecule has 3 unspecified atom stereocenters. The van der Waals surface area contributed by atoms with Crippen molar-refractivity contribution in [3.05, 3.63) is 0 Å². The van der Waals surface area contributed by atoms with Crippen LogP contribution in [0.25, 0.3) is 0 Å². The summed E-state index contributed by atoms with van der Waals surface area (Å²) in [5, 5.41) is 0. The van der Waals surface area contributed by atoms with Gasteiger partial charge in [-0.1, -0.05) is 48.5 Å². The first-order valence-electron chi connectivity index (χ1n) is 7.78. The maximum Gasteiger partial charge on any atom is 0.0536 e. The summed E-state index contributed by atoms with van der Waals surface area (Å²) < 4.78 is 6.01. The fraction of sp³-hybridized carbons (Fsp3) is 1.00. The second-order valence-electron chi connectivity index (χ2n) is 8.71. The summed E-state index contributed by atoms with van der Waals surface area (Å²) in [6.45, 7) is 18.1. The number of ether oxygens (including phenoxy) is 1. The first-order chi connectivity index (χ1) is 8.47. The van der Waals surface area contributed by atoms with E-state index in [0.29, 0.717) is 17.3 Å². The van der Waals surface area contributed by atoms with Crippen LogP contribution in [-0.2, 0) is 4.74 Å². The minimum atomic E-state index is 0.0448. The average Bonchev–Trinajstić information content (AvgIpc) is 2.11. The summed E-state index contributed by atoms with van der Waals surface area (Å²) in [6, 6.07) is 0. The molecule has 0 aromatic carbocycles. The van der Waals surface area contributed by atoms with Gasteiger partial charge in [0.25, 0.3) is 0 Å². The monoisotopic (exact) mass is 286 g/mol. The molecule has 1 rings (SSSR count). The molecule has 2 heteroatoms. The van der Waals surface area contributed by atoms with Crippen LogP contribution in [0.5, 0.6) is 0 Å². The Morgan fingerprint density at radius 3 is 2.26 bits per heavy atom. The molecule has 0 N–H and O–H groups in total. The third-order valence-corrected chi connectivity index (χ3v) is 4.99. The van der Waals surface area contributed by atoms with E-state index in [0.717, 1.165) is 19.6 Å². The van der Waals surface area contributed by atoms with Crippen LogP contribution < -0.4 is 0 Å². The highest BCUT2D eigenvalue weighted by atomic mass is 32.1. The van der Waals surface area contributed by atoms with Gasteiger partial charge in [-0.15, -0.1) is 0 Å². The zero-order valence-electron chi connectivity index (χ0n) is 14.0. The van der Waals surface area contributed by atoms with Crippen molar-refractivity contribution in [2.75, 3.05) is 13.2 Å². The molecule has 114 valence electrons. The Morgan fingerprint density at radius 1 is 1.26 bits per heavy atom. The van der Waals surface area contributed by atoms with Crippen LogP contribution in [-0.4, -0.2) is 18.0 Å². The number of hydrogen-bond acceptors (Lipinski definition) is 2. The predicted molar refractivity (Wildman–Crippen MR) is 88.0 cm³/mol. The quantitative estimate of drug-likeness (QED) is 0.699. The Morgan fingerprint density at radius 2 is 1.84 bits per heavy atom. The van der Waals surface area contributed by atoms with Gasteiger partial charge in [0.15, 0.2) is 0 Å². The minimum Gasteiger partial charge on any atom is -0.381 e. The third-order valence-electron chi connectivity index (χ3n) is 4.34. The Hall–Kier alpha value is 0.310. The van der Waals surface area contributed by atoms with Crippen LogP contribution in [0.15, 0.2) is 0 Å². The van der Waals surface area contributed by atoms with Crippen LogP contribution in [0, 0.1) is 22.7 Å². The standard InChI is InChI=1S/C17H34OS/c1-13(2)8-16(7,19)17(11-15(4,5)6)9-14(3)10-18-12-17/h13-14,19H,8-12H2,1-7H3. The van der Waals surface area contributed by atoms with Gasteiger partial charge in [-0.3, -0.25) is 0 Å². The van der Waals surface area contributed by atoms with Crippen molar-refractivity contribution >= 4 is 12.6 Å². The molecule has 0 aliphatic carbocycles. The van der Waals surface area contributed by atoms with Crippen molar-refractivity contribution in [1.29, 1.82) is 0 Å². The van der Waals surface area contributed by atoms with Crippen molar-refractivity contribution in [2.24, 2.45) is 22.7 Å². The van der Waals surface area contributed by atoms with E-state index in [9.17, 15) is 0 Å². The minimum absolute atomic E-state index is 0.0448. The van der Waals surface area contributed by atoms with Gasteiger partial charge in [0, 0.05) is 16.8 Å². The van der Waals surface area contributed by atoms with E-state index in [4.69, 9.17) is 17.4 Å². The van der Waals surface area contributed by atoms with Gasteiger partial charge in [-0.2, -0.15) is 12.6 Å². The normalized spacial score (nSPS) is 32.4. The maximum atomic E-state index is 5.96. The van der Waals surface area contributed by atoms with Crippen molar-refractivity contribution in [3.8, 4) is 0 Å². The molecule has 0 aromatic heterocycles. The summed E-state index contributed by atoms with van der Waals surface area (Å²) in [7, 11) is 0. The highest BCUT2D eigenvalue weighted by molar-refractivity contribution is 7.81. The van der Waals surface area contributed by atoms with Gasteiger partial charge < -0.3 is 4.74 Å². The second-order valence-corrected chi connectivity index (χ2v) is 9.70. The van der Waals surface area contributed by atoms with Crippen LogP contribution in [0.1, 0.15) is 67.7 Å². The average molecular weight is 287 g/mol. The lowest BCUT2D eigenvalue weighted by Crippen LogP contribution is -2.52. The largest absolute Gasteiger partial charge is 0.381 e. The number of rotatable bonds is 4. The molecule has 0 spiro atoms. The molecule has 1 nitrogen and oxygen atoms in total. The van der Waals surface area contributed by atoms with Crippen LogP contribution in [0.4, 0.5) is 0 Å². The van der Waals surface area contributed by atoms with E-state index in [2.05, 4.69) is 48.5 Å². The topological polar surface area (TPSA) is 9.23 Å². The summed E-state index contributed by atoms with van der Waals surface area (Å²) in [5.74, 6) is 1.33. The molecule has 1 heterocycles. The van der Waals surface area contributed by atoms with Crippen molar-refractivity contribution < 1.29 is 4.74 Å². The predicted octanol–water partition coefficient (Wildman–Crippen LogP) is 5.20. The van der Waals surface area contributed by atoms with Gasteiger partial charge in [0.2, 0.25) is 0 Å². The Labute approximate surface area is 126 Å². The van der Waals surface area contributed by atoms with Gasteiger partial charge in [-0.25, -0.2) is 0 Å². The van der Waals surface area contributed by atoms with Gasteiger partial charge in [-0.05, 0) is 36.5 Å². The van der Waals surface area contributed by atoms with Crippen molar-refractivity contribution in [1.82, 2.24) is 0 Å². The van der Waals surface area contributed by atoms with E-state index < -0.39 is 0 Å². The summed E-state index contributed by atoms with van der Waals surface area (Å²) in [5.41, 5.74) is 0.525. The zero-order chi connectivity index (χ0) is 14.9. The SMILES string of the molecule is CC(C)CC(C)(S)C1(CC(C)(C)C)COCC(C)C1. The van der Waals surface area contributed by atoms with Gasteiger partial charge in [0.1, 0.15) is 0 Å². The summed E-state index contributed by atoms with van der Waals surface area (Å²) >= 11 is 5.13. The molecule has 1 fully saturated rings. The molecule has 3 atom stereocenters. The number of hydrogen-bond donors (Lipinski definition) is 1. The number of thiol groups is 1. The Balaban J connectivity index is 3.03. The van der Waals surface area contributed by atoms with E-state index in [1.807, 2.05) is 0 Å². The molecular weight excluding hydrogens is 252 g/mol. The molecule has 0 saturated carbocycles. The zero-order valence-corrected chi connectivity index (χ0v) is 14.9. The molecule has 1 saturated heterocycles. The molecule has 19 heavy (non-hydrogen) atoms. The molecule has 1 aliphatic heterocycles. The summed E-state index contributed by atoms with van der Waals surface area (Å²) in [6.07, 6.45) is 3.59. The fourth-order valence-electron chi connectivity index (χ4n) is 3.96. The van der Waals surface area contributed by atoms with E-state index >= 15 is 0 Å². The van der Waals surface area contributed by atoms with Gasteiger partial charge in [0.05, 0.1) is 6.61 Å². The molecule has 0 bridgehead atoms. The molecule has 0 amide bonds.